The summed E-state index contributed by atoms with van der Waals surface area (Å²) in [6, 6.07) is 9.29. The Morgan fingerprint density at radius 3 is 2.50 bits per heavy atom. The number of esters is 1. The summed E-state index contributed by atoms with van der Waals surface area (Å²) in [4.78, 5) is 24.0. The molecule has 0 radical (unpaired) electrons. The smallest absolute Gasteiger partial charge is 0.309 e. The largest absolute Gasteiger partial charge is 0.469 e. The Labute approximate surface area is 149 Å². The Hall–Kier alpha value is -3.15. The molecule has 1 amide bonds. The summed E-state index contributed by atoms with van der Waals surface area (Å²) in [7, 11) is 2.87. The van der Waals surface area contributed by atoms with E-state index in [9.17, 15) is 14.0 Å². The van der Waals surface area contributed by atoms with Gasteiger partial charge in [0.25, 0.3) is 5.91 Å². The summed E-state index contributed by atoms with van der Waals surface area (Å²) < 4.78 is 23.9. The fourth-order valence-electron chi connectivity index (χ4n) is 2.87. The number of fused-ring (bicyclic) bond motifs is 1. The van der Waals surface area contributed by atoms with Crippen LogP contribution in [0.25, 0.3) is 22.3 Å². The second-order valence-electron chi connectivity index (χ2n) is 5.92. The zero-order valence-corrected chi connectivity index (χ0v) is 14.7. The maximum atomic E-state index is 13.2. The molecule has 1 N–H and O–H groups in total. The van der Waals surface area contributed by atoms with Crippen molar-refractivity contribution in [2.45, 2.75) is 13.3 Å². The van der Waals surface area contributed by atoms with Crippen LogP contribution >= 0.6 is 0 Å². The zero-order valence-electron chi connectivity index (χ0n) is 14.7. The summed E-state index contributed by atoms with van der Waals surface area (Å²) in [5.41, 5.74) is 3.05. The highest BCUT2D eigenvalue weighted by Gasteiger charge is 2.22. The van der Waals surface area contributed by atoms with E-state index in [2.05, 4.69) is 5.32 Å². The molecule has 0 saturated carbocycles. The number of furan rings is 1. The maximum Gasteiger partial charge on any atom is 0.309 e. The van der Waals surface area contributed by atoms with Gasteiger partial charge in [0.05, 0.1) is 19.1 Å². The highest BCUT2D eigenvalue weighted by molar-refractivity contribution is 6.11. The van der Waals surface area contributed by atoms with Crippen molar-refractivity contribution in [2.75, 3.05) is 14.2 Å². The Kier molecular flexibility index (Phi) is 4.75. The van der Waals surface area contributed by atoms with E-state index in [4.69, 9.17) is 9.15 Å². The van der Waals surface area contributed by atoms with Crippen LogP contribution in [0, 0.1) is 12.7 Å². The Balaban J connectivity index is 2.22. The number of hydrogen-bond acceptors (Lipinski definition) is 4. The molecule has 1 aromatic heterocycles. The van der Waals surface area contributed by atoms with Gasteiger partial charge in [0.1, 0.15) is 17.2 Å². The lowest BCUT2D eigenvalue weighted by Gasteiger charge is -2.05. The van der Waals surface area contributed by atoms with Crippen molar-refractivity contribution in [3.05, 3.63) is 58.9 Å². The predicted octanol–water partition coefficient (Wildman–Crippen LogP) is 3.62. The second-order valence-corrected chi connectivity index (χ2v) is 5.92. The number of nitrogens with one attached hydrogen (secondary N) is 1. The van der Waals surface area contributed by atoms with Crippen LogP contribution in [0.3, 0.4) is 0 Å². The molecule has 134 valence electrons. The topological polar surface area (TPSA) is 68.5 Å². The highest BCUT2D eigenvalue weighted by atomic mass is 19.1. The van der Waals surface area contributed by atoms with Crippen molar-refractivity contribution in [2.24, 2.45) is 0 Å². The van der Waals surface area contributed by atoms with Gasteiger partial charge in [0.2, 0.25) is 0 Å². The average molecular weight is 355 g/mol. The van der Waals surface area contributed by atoms with Crippen LogP contribution in [0.4, 0.5) is 4.39 Å². The number of methoxy groups -OCH3 is 1. The molecule has 0 spiro atoms. The number of benzene rings is 2. The minimum absolute atomic E-state index is 0.111. The molecule has 0 fully saturated rings. The van der Waals surface area contributed by atoms with Crippen molar-refractivity contribution in [1.82, 2.24) is 5.32 Å². The summed E-state index contributed by atoms with van der Waals surface area (Å²) in [5, 5.41) is 3.24. The number of hydrogen-bond donors (Lipinski definition) is 1. The summed E-state index contributed by atoms with van der Waals surface area (Å²) in [6.45, 7) is 1.86. The van der Waals surface area contributed by atoms with Crippen molar-refractivity contribution < 1.29 is 23.1 Å². The monoisotopic (exact) mass is 355 g/mol. The van der Waals surface area contributed by atoms with Gasteiger partial charge in [-0.2, -0.15) is 0 Å². The number of aryl methyl sites for hydroxylation is 1. The molecular weight excluding hydrogens is 337 g/mol. The molecule has 0 bridgehead atoms. The van der Waals surface area contributed by atoms with Crippen LogP contribution < -0.4 is 5.32 Å². The molecule has 3 aromatic rings. The SMILES string of the molecule is CNC(=O)c1c(-c2ccc(F)cc2)oc2cc(CC(=O)OC)c(C)cc12. The molecule has 6 heteroatoms. The number of halogens is 1. The van der Waals surface area contributed by atoms with Crippen molar-refractivity contribution in [1.29, 1.82) is 0 Å². The van der Waals surface area contributed by atoms with E-state index in [-0.39, 0.29) is 24.1 Å². The Morgan fingerprint density at radius 1 is 1.19 bits per heavy atom. The van der Waals surface area contributed by atoms with Gasteiger partial charge in [-0.3, -0.25) is 9.59 Å². The number of carbonyl (C=O) groups excluding carboxylic acids is 2. The minimum Gasteiger partial charge on any atom is -0.469 e. The Bertz CT molecular complexity index is 989. The number of amides is 1. The highest BCUT2D eigenvalue weighted by Crippen LogP contribution is 2.35. The molecule has 0 atom stereocenters. The van der Waals surface area contributed by atoms with E-state index in [1.54, 1.807) is 18.2 Å². The van der Waals surface area contributed by atoms with Crippen LogP contribution in [-0.2, 0) is 16.0 Å². The summed E-state index contributed by atoms with van der Waals surface area (Å²) >= 11 is 0. The number of rotatable bonds is 4. The van der Waals surface area contributed by atoms with Crippen LogP contribution in [0.5, 0.6) is 0 Å². The molecule has 0 aliphatic rings. The first-order chi connectivity index (χ1) is 12.4. The molecule has 0 unspecified atom stereocenters. The van der Waals surface area contributed by atoms with Gasteiger partial charge in [-0.05, 0) is 54.4 Å². The lowest BCUT2D eigenvalue weighted by molar-refractivity contribution is -0.139. The molecule has 2 aromatic carbocycles. The Morgan fingerprint density at radius 2 is 1.88 bits per heavy atom. The molecule has 0 aliphatic carbocycles. The molecular formula is C20H18FNO4. The molecule has 5 nitrogen and oxygen atoms in total. The van der Waals surface area contributed by atoms with Gasteiger partial charge in [0, 0.05) is 18.0 Å². The lowest BCUT2D eigenvalue weighted by Crippen LogP contribution is -2.18. The van der Waals surface area contributed by atoms with Gasteiger partial charge >= 0.3 is 5.97 Å². The fourth-order valence-corrected chi connectivity index (χ4v) is 2.87. The van der Waals surface area contributed by atoms with Crippen LogP contribution in [0.1, 0.15) is 21.5 Å². The lowest BCUT2D eigenvalue weighted by atomic mass is 9.99. The van der Waals surface area contributed by atoms with Gasteiger partial charge in [-0.15, -0.1) is 0 Å². The van der Waals surface area contributed by atoms with E-state index in [1.165, 1.54) is 26.3 Å². The third-order valence-corrected chi connectivity index (χ3v) is 4.27. The van der Waals surface area contributed by atoms with Gasteiger partial charge in [-0.25, -0.2) is 4.39 Å². The van der Waals surface area contributed by atoms with E-state index < -0.39 is 0 Å². The average Bonchev–Trinajstić information content (AvgIpc) is 3.00. The number of ether oxygens (including phenoxy) is 1. The number of carbonyl (C=O) groups is 2. The molecule has 0 saturated heterocycles. The molecule has 1 heterocycles. The third-order valence-electron chi connectivity index (χ3n) is 4.27. The van der Waals surface area contributed by atoms with Gasteiger partial charge < -0.3 is 14.5 Å². The second kappa shape index (κ2) is 7.00. The van der Waals surface area contributed by atoms with Crippen molar-refractivity contribution in [3.8, 4) is 11.3 Å². The molecule has 0 aliphatic heterocycles. The van der Waals surface area contributed by atoms with E-state index >= 15 is 0 Å². The first-order valence-electron chi connectivity index (χ1n) is 8.05. The maximum absolute atomic E-state index is 13.2. The predicted molar refractivity (Wildman–Crippen MR) is 95.5 cm³/mol. The summed E-state index contributed by atoms with van der Waals surface area (Å²) in [6.07, 6.45) is 0.111. The quantitative estimate of drug-likeness (QED) is 0.726. The third kappa shape index (κ3) is 3.18. The van der Waals surface area contributed by atoms with E-state index in [0.29, 0.717) is 27.9 Å². The van der Waals surface area contributed by atoms with Crippen molar-refractivity contribution in [3.63, 3.8) is 0 Å². The van der Waals surface area contributed by atoms with Crippen LogP contribution in [0.15, 0.2) is 40.8 Å². The molecule has 3 rings (SSSR count). The normalized spacial score (nSPS) is 10.8. The van der Waals surface area contributed by atoms with Crippen molar-refractivity contribution >= 4 is 22.8 Å². The zero-order chi connectivity index (χ0) is 18.8. The van der Waals surface area contributed by atoms with E-state index in [1.807, 2.05) is 13.0 Å². The van der Waals surface area contributed by atoms with Gasteiger partial charge in [0.15, 0.2) is 0 Å². The van der Waals surface area contributed by atoms with Crippen LogP contribution in [-0.4, -0.2) is 26.0 Å². The fraction of sp³-hybridized carbons (Fsp3) is 0.200. The first-order valence-corrected chi connectivity index (χ1v) is 8.05. The van der Waals surface area contributed by atoms with Gasteiger partial charge in [-0.1, -0.05) is 0 Å². The standard InChI is InChI=1S/C20H18FNO4/c1-11-8-15-16(9-13(11)10-17(23)25-3)26-19(18(15)20(24)22-2)12-4-6-14(21)7-5-12/h4-9H,10H2,1-3H3,(H,22,24). The first kappa shape index (κ1) is 17.7. The van der Waals surface area contributed by atoms with Crippen LogP contribution in [0.2, 0.25) is 0 Å². The minimum atomic E-state index is -0.373. The van der Waals surface area contributed by atoms with E-state index in [0.717, 1.165) is 11.1 Å². The summed E-state index contributed by atoms with van der Waals surface area (Å²) in [5.74, 6) is -0.677. The molecule has 26 heavy (non-hydrogen) atoms.